The molecule has 0 amide bonds. The second-order valence-electron chi connectivity index (χ2n) is 5.12. The van der Waals surface area contributed by atoms with Gasteiger partial charge in [-0.05, 0) is 42.7 Å². The van der Waals surface area contributed by atoms with Gasteiger partial charge in [0.05, 0.1) is 13.2 Å². The Balaban J connectivity index is 1.82. The van der Waals surface area contributed by atoms with Gasteiger partial charge in [0.15, 0.2) is 0 Å². The SMILES string of the molecule is COc1ccc(Cl)cc1COc1cccc2c1CCC2O. The van der Waals surface area contributed by atoms with E-state index < -0.39 is 0 Å². The Morgan fingerprint density at radius 1 is 1.24 bits per heavy atom. The minimum Gasteiger partial charge on any atom is -0.496 e. The van der Waals surface area contributed by atoms with Crippen molar-refractivity contribution in [1.29, 1.82) is 0 Å². The standard InChI is InChI=1S/C17H17ClO3/c1-20-16-8-5-12(18)9-11(16)10-21-17-4-2-3-13-14(17)6-7-15(13)19/h2-5,8-9,15,19H,6-7,10H2,1H3. The predicted molar refractivity (Wildman–Crippen MR) is 82.1 cm³/mol. The van der Waals surface area contributed by atoms with Crippen molar-refractivity contribution in [3.8, 4) is 11.5 Å². The number of aliphatic hydroxyl groups excluding tert-OH is 1. The van der Waals surface area contributed by atoms with Crippen molar-refractivity contribution >= 4 is 11.6 Å². The van der Waals surface area contributed by atoms with Crippen molar-refractivity contribution in [2.24, 2.45) is 0 Å². The Morgan fingerprint density at radius 3 is 2.90 bits per heavy atom. The fourth-order valence-corrected chi connectivity index (χ4v) is 2.94. The van der Waals surface area contributed by atoms with Crippen LogP contribution < -0.4 is 9.47 Å². The van der Waals surface area contributed by atoms with Crippen molar-refractivity contribution in [2.45, 2.75) is 25.6 Å². The highest BCUT2D eigenvalue weighted by Crippen LogP contribution is 2.37. The molecule has 0 bridgehead atoms. The maximum atomic E-state index is 9.92. The summed E-state index contributed by atoms with van der Waals surface area (Å²) in [6.45, 7) is 0.385. The molecule has 0 aliphatic heterocycles. The van der Waals surface area contributed by atoms with Crippen LogP contribution in [0.5, 0.6) is 11.5 Å². The van der Waals surface area contributed by atoms with E-state index >= 15 is 0 Å². The molecule has 21 heavy (non-hydrogen) atoms. The number of rotatable bonds is 4. The van der Waals surface area contributed by atoms with E-state index in [1.807, 2.05) is 30.3 Å². The Labute approximate surface area is 129 Å². The van der Waals surface area contributed by atoms with E-state index in [1.54, 1.807) is 13.2 Å². The topological polar surface area (TPSA) is 38.7 Å². The lowest BCUT2D eigenvalue weighted by Crippen LogP contribution is -2.01. The molecule has 1 atom stereocenters. The fourth-order valence-electron chi connectivity index (χ4n) is 2.75. The summed E-state index contributed by atoms with van der Waals surface area (Å²) < 4.78 is 11.3. The van der Waals surface area contributed by atoms with Gasteiger partial charge in [-0.3, -0.25) is 0 Å². The van der Waals surface area contributed by atoms with Crippen molar-refractivity contribution in [1.82, 2.24) is 0 Å². The number of hydrogen-bond donors (Lipinski definition) is 1. The molecule has 3 nitrogen and oxygen atoms in total. The van der Waals surface area contributed by atoms with Crippen LogP contribution in [0.25, 0.3) is 0 Å². The number of hydrogen-bond acceptors (Lipinski definition) is 3. The van der Waals surface area contributed by atoms with Gasteiger partial charge in [-0.2, -0.15) is 0 Å². The maximum Gasteiger partial charge on any atom is 0.125 e. The van der Waals surface area contributed by atoms with Gasteiger partial charge in [-0.15, -0.1) is 0 Å². The lowest BCUT2D eigenvalue weighted by atomic mass is 10.1. The molecule has 0 radical (unpaired) electrons. The van der Waals surface area contributed by atoms with E-state index in [2.05, 4.69) is 0 Å². The number of halogens is 1. The summed E-state index contributed by atoms with van der Waals surface area (Å²) in [6.07, 6.45) is 1.24. The third kappa shape index (κ3) is 2.85. The highest BCUT2D eigenvalue weighted by molar-refractivity contribution is 6.30. The van der Waals surface area contributed by atoms with E-state index in [1.165, 1.54) is 0 Å². The van der Waals surface area contributed by atoms with Gasteiger partial charge in [0.25, 0.3) is 0 Å². The molecule has 1 aliphatic carbocycles. The normalized spacial score (nSPS) is 16.6. The van der Waals surface area contributed by atoms with Crippen LogP contribution in [-0.2, 0) is 13.0 Å². The molecule has 0 heterocycles. The maximum absolute atomic E-state index is 9.92. The molecule has 1 unspecified atom stereocenters. The first-order valence-corrected chi connectivity index (χ1v) is 7.32. The van der Waals surface area contributed by atoms with E-state index in [-0.39, 0.29) is 6.10 Å². The van der Waals surface area contributed by atoms with E-state index in [4.69, 9.17) is 21.1 Å². The third-order valence-electron chi connectivity index (χ3n) is 3.82. The molecule has 0 aromatic heterocycles. The van der Waals surface area contributed by atoms with Crippen molar-refractivity contribution in [3.63, 3.8) is 0 Å². The van der Waals surface area contributed by atoms with Gasteiger partial charge in [0, 0.05) is 16.1 Å². The average Bonchev–Trinajstić information content (AvgIpc) is 2.87. The van der Waals surface area contributed by atoms with Crippen LogP contribution in [0.4, 0.5) is 0 Å². The zero-order valence-electron chi connectivity index (χ0n) is 11.8. The van der Waals surface area contributed by atoms with Gasteiger partial charge < -0.3 is 14.6 Å². The van der Waals surface area contributed by atoms with Crippen LogP contribution in [0, 0.1) is 0 Å². The summed E-state index contributed by atoms with van der Waals surface area (Å²) in [6, 6.07) is 11.3. The molecule has 0 saturated carbocycles. The number of fused-ring (bicyclic) bond motifs is 1. The van der Waals surface area contributed by atoms with Crippen LogP contribution in [-0.4, -0.2) is 12.2 Å². The highest BCUT2D eigenvalue weighted by atomic mass is 35.5. The van der Waals surface area contributed by atoms with E-state index in [9.17, 15) is 5.11 Å². The zero-order chi connectivity index (χ0) is 14.8. The fraction of sp³-hybridized carbons (Fsp3) is 0.294. The smallest absolute Gasteiger partial charge is 0.125 e. The summed E-state index contributed by atoms with van der Waals surface area (Å²) in [5.41, 5.74) is 2.98. The monoisotopic (exact) mass is 304 g/mol. The zero-order valence-corrected chi connectivity index (χ0v) is 12.6. The van der Waals surface area contributed by atoms with Crippen LogP contribution in [0.3, 0.4) is 0 Å². The van der Waals surface area contributed by atoms with Crippen LogP contribution >= 0.6 is 11.6 Å². The quantitative estimate of drug-likeness (QED) is 0.931. The Hall–Kier alpha value is -1.71. The predicted octanol–water partition coefficient (Wildman–Crippen LogP) is 3.91. The summed E-state index contributed by atoms with van der Waals surface area (Å²) in [7, 11) is 1.63. The molecule has 110 valence electrons. The van der Waals surface area contributed by atoms with Gasteiger partial charge in [0.1, 0.15) is 18.1 Å². The minimum absolute atomic E-state index is 0.371. The average molecular weight is 305 g/mol. The summed E-state index contributed by atoms with van der Waals surface area (Å²) in [5.74, 6) is 1.58. The molecule has 0 saturated heterocycles. The molecule has 1 aliphatic rings. The van der Waals surface area contributed by atoms with E-state index in [0.717, 1.165) is 41.0 Å². The van der Waals surface area contributed by atoms with Crippen LogP contribution in [0.2, 0.25) is 5.02 Å². The highest BCUT2D eigenvalue weighted by Gasteiger charge is 2.23. The van der Waals surface area contributed by atoms with Crippen LogP contribution in [0.1, 0.15) is 29.2 Å². The molecule has 0 fully saturated rings. The Bertz CT molecular complexity index is 654. The summed E-state index contributed by atoms with van der Waals surface area (Å²) in [5, 5.41) is 10.6. The third-order valence-corrected chi connectivity index (χ3v) is 4.06. The molecule has 3 rings (SSSR count). The molecule has 2 aromatic rings. The first kappa shape index (κ1) is 14.2. The molecule has 2 aromatic carbocycles. The molecule has 1 N–H and O–H groups in total. The van der Waals surface area contributed by atoms with Gasteiger partial charge in [-0.25, -0.2) is 0 Å². The van der Waals surface area contributed by atoms with Crippen molar-refractivity contribution < 1.29 is 14.6 Å². The summed E-state index contributed by atoms with van der Waals surface area (Å²) >= 11 is 6.02. The molecular weight excluding hydrogens is 288 g/mol. The molecule has 4 heteroatoms. The van der Waals surface area contributed by atoms with E-state index in [0.29, 0.717) is 11.6 Å². The lowest BCUT2D eigenvalue weighted by molar-refractivity contribution is 0.180. The number of ether oxygens (including phenoxy) is 2. The largest absolute Gasteiger partial charge is 0.496 e. The second kappa shape index (κ2) is 5.96. The molecular formula is C17H17ClO3. The second-order valence-corrected chi connectivity index (χ2v) is 5.56. The molecule has 0 spiro atoms. The van der Waals surface area contributed by atoms with Gasteiger partial charge in [0.2, 0.25) is 0 Å². The Kier molecular flexibility index (Phi) is 4.04. The van der Waals surface area contributed by atoms with Crippen molar-refractivity contribution in [2.75, 3.05) is 7.11 Å². The lowest BCUT2D eigenvalue weighted by Gasteiger charge is -2.13. The van der Waals surface area contributed by atoms with Crippen molar-refractivity contribution in [3.05, 3.63) is 58.1 Å². The number of aliphatic hydroxyl groups is 1. The van der Waals surface area contributed by atoms with Gasteiger partial charge in [-0.1, -0.05) is 23.7 Å². The van der Waals surface area contributed by atoms with Crippen LogP contribution in [0.15, 0.2) is 36.4 Å². The Morgan fingerprint density at radius 2 is 2.10 bits per heavy atom. The summed E-state index contributed by atoms with van der Waals surface area (Å²) in [4.78, 5) is 0. The minimum atomic E-state index is -0.371. The number of benzene rings is 2. The first-order valence-electron chi connectivity index (χ1n) is 6.94. The first-order chi connectivity index (χ1) is 10.2. The van der Waals surface area contributed by atoms with Gasteiger partial charge >= 0.3 is 0 Å². The number of methoxy groups -OCH3 is 1.